The van der Waals surface area contributed by atoms with Crippen molar-refractivity contribution in [1.29, 1.82) is 0 Å². The lowest BCUT2D eigenvalue weighted by molar-refractivity contribution is -0.132. The predicted octanol–water partition coefficient (Wildman–Crippen LogP) is 1.71. The van der Waals surface area contributed by atoms with Crippen molar-refractivity contribution in [2.45, 2.75) is 52.5 Å². The van der Waals surface area contributed by atoms with E-state index in [1.165, 1.54) is 25.8 Å². The highest BCUT2D eigenvalue weighted by Gasteiger charge is 2.49. The number of nitrogens with zero attached hydrogens (tertiary/aromatic N) is 2. The monoisotopic (exact) mass is 293 g/mol. The highest BCUT2D eigenvalue weighted by atomic mass is 16.2. The van der Waals surface area contributed by atoms with Crippen LogP contribution in [0.1, 0.15) is 46.5 Å². The number of piperazine rings is 1. The molecule has 0 spiro atoms. The normalized spacial score (nSPS) is 36.0. The molecule has 2 bridgehead atoms. The summed E-state index contributed by atoms with van der Waals surface area (Å²) in [4.78, 5) is 17.0. The average Bonchev–Trinajstić information content (AvgIpc) is 2.65. The second-order valence-electron chi connectivity index (χ2n) is 8.56. The van der Waals surface area contributed by atoms with Gasteiger partial charge in [0.05, 0.1) is 0 Å². The van der Waals surface area contributed by atoms with Crippen molar-refractivity contribution in [3.8, 4) is 0 Å². The molecule has 4 heteroatoms. The first-order valence-corrected chi connectivity index (χ1v) is 8.60. The minimum absolute atomic E-state index is 0.349. The van der Waals surface area contributed by atoms with Crippen LogP contribution >= 0.6 is 0 Å². The van der Waals surface area contributed by atoms with E-state index in [-0.39, 0.29) is 0 Å². The van der Waals surface area contributed by atoms with Crippen LogP contribution in [0, 0.1) is 10.8 Å². The van der Waals surface area contributed by atoms with Gasteiger partial charge in [0.25, 0.3) is 0 Å². The number of rotatable bonds is 3. The Balaban J connectivity index is 1.53. The van der Waals surface area contributed by atoms with Crippen LogP contribution < -0.4 is 5.32 Å². The minimum atomic E-state index is 0.349. The maximum Gasteiger partial charge on any atom is 0.223 e. The molecule has 3 fully saturated rings. The Bertz CT molecular complexity index is 403. The molecule has 0 aromatic carbocycles. The predicted molar refractivity (Wildman–Crippen MR) is 85.2 cm³/mol. The molecule has 120 valence electrons. The molecule has 2 atom stereocenters. The average molecular weight is 293 g/mol. The number of hydrogen-bond donors (Lipinski definition) is 1. The van der Waals surface area contributed by atoms with Crippen molar-refractivity contribution in [3.05, 3.63) is 0 Å². The van der Waals surface area contributed by atoms with Gasteiger partial charge in [0, 0.05) is 51.7 Å². The maximum absolute atomic E-state index is 12.3. The lowest BCUT2D eigenvalue weighted by atomic mass is 9.65. The number of hydrogen-bond acceptors (Lipinski definition) is 3. The van der Waals surface area contributed by atoms with E-state index in [1.807, 2.05) is 4.90 Å². The minimum Gasteiger partial charge on any atom is -0.340 e. The second kappa shape index (κ2) is 5.54. The van der Waals surface area contributed by atoms with Gasteiger partial charge in [-0.2, -0.15) is 0 Å². The van der Waals surface area contributed by atoms with Crippen LogP contribution in [0.2, 0.25) is 0 Å². The quantitative estimate of drug-likeness (QED) is 0.860. The summed E-state index contributed by atoms with van der Waals surface area (Å²) >= 11 is 0. The SMILES string of the molecule is CC1(C)CC2CC(C)(CN2CCC(=O)N2CCNCC2)C1. The second-order valence-corrected chi connectivity index (χ2v) is 8.56. The van der Waals surface area contributed by atoms with E-state index in [1.54, 1.807) is 0 Å². The Morgan fingerprint density at radius 3 is 2.62 bits per heavy atom. The third-order valence-electron chi connectivity index (χ3n) is 5.61. The summed E-state index contributed by atoms with van der Waals surface area (Å²) in [5.74, 6) is 0.349. The zero-order valence-corrected chi connectivity index (χ0v) is 14.0. The Hall–Kier alpha value is -0.610. The van der Waals surface area contributed by atoms with Crippen LogP contribution in [0.5, 0.6) is 0 Å². The van der Waals surface area contributed by atoms with Gasteiger partial charge in [-0.25, -0.2) is 0 Å². The van der Waals surface area contributed by atoms with Gasteiger partial charge in [0.2, 0.25) is 5.91 Å². The van der Waals surface area contributed by atoms with Crippen molar-refractivity contribution >= 4 is 5.91 Å². The van der Waals surface area contributed by atoms with E-state index in [4.69, 9.17) is 0 Å². The van der Waals surface area contributed by atoms with Crippen LogP contribution in [0.25, 0.3) is 0 Å². The van der Waals surface area contributed by atoms with Gasteiger partial charge in [-0.15, -0.1) is 0 Å². The molecule has 0 aromatic rings. The highest BCUT2D eigenvalue weighted by Crippen LogP contribution is 2.52. The van der Waals surface area contributed by atoms with Crippen molar-refractivity contribution in [2.24, 2.45) is 10.8 Å². The van der Waals surface area contributed by atoms with Crippen molar-refractivity contribution in [2.75, 3.05) is 39.3 Å². The molecule has 2 aliphatic heterocycles. The molecule has 4 nitrogen and oxygen atoms in total. The molecular formula is C17H31N3O. The third kappa shape index (κ3) is 3.42. The largest absolute Gasteiger partial charge is 0.340 e. The van der Waals surface area contributed by atoms with Crippen molar-refractivity contribution in [1.82, 2.24) is 15.1 Å². The van der Waals surface area contributed by atoms with Crippen molar-refractivity contribution in [3.63, 3.8) is 0 Å². The summed E-state index contributed by atoms with van der Waals surface area (Å²) < 4.78 is 0. The van der Waals surface area contributed by atoms with E-state index in [0.717, 1.165) is 32.7 Å². The van der Waals surface area contributed by atoms with Gasteiger partial charge in [-0.05, 0) is 30.1 Å². The van der Waals surface area contributed by atoms with E-state index in [0.29, 0.717) is 29.2 Å². The Morgan fingerprint density at radius 2 is 1.90 bits per heavy atom. The number of amides is 1. The fourth-order valence-electron chi connectivity index (χ4n) is 5.15. The number of carbonyl (C=O) groups is 1. The summed E-state index contributed by atoms with van der Waals surface area (Å²) in [6.07, 6.45) is 4.66. The molecule has 2 saturated heterocycles. The molecule has 2 unspecified atom stereocenters. The topological polar surface area (TPSA) is 35.6 Å². The molecule has 3 rings (SSSR count). The van der Waals surface area contributed by atoms with Crippen LogP contribution in [-0.2, 0) is 4.79 Å². The Morgan fingerprint density at radius 1 is 1.19 bits per heavy atom. The smallest absolute Gasteiger partial charge is 0.223 e. The fourth-order valence-corrected chi connectivity index (χ4v) is 5.15. The summed E-state index contributed by atoms with van der Waals surface area (Å²) in [5, 5.41) is 3.31. The molecule has 21 heavy (non-hydrogen) atoms. The van der Waals surface area contributed by atoms with E-state index in [2.05, 4.69) is 31.0 Å². The highest BCUT2D eigenvalue weighted by molar-refractivity contribution is 5.76. The lowest BCUT2D eigenvalue weighted by Gasteiger charge is -2.40. The first-order valence-electron chi connectivity index (χ1n) is 8.60. The van der Waals surface area contributed by atoms with E-state index >= 15 is 0 Å². The summed E-state index contributed by atoms with van der Waals surface area (Å²) in [6.45, 7) is 13.1. The Kier molecular flexibility index (Phi) is 4.04. The van der Waals surface area contributed by atoms with Gasteiger partial charge in [-0.1, -0.05) is 20.8 Å². The Labute approximate surface area is 129 Å². The number of fused-ring (bicyclic) bond motifs is 2. The molecule has 1 amide bonds. The molecule has 0 radical (unpaired) electrons. The van der Waals surface area contributed by atoms with Gasteiger partial charge in [-0.3, -0.25) is 9.69 Å². The van der Waals surface area contributed by atoms with Gasteiger partial charge >= 0.3 is 0 Å². The van der Waals surface area contributed by atoms with Crippen LogP contribution in [0.4, 0.5) is 0 Å². The van der Waals surface area contributed by atoms with Crippen LogP contribution in [0.3, 0.4) is 0 Å². The fraction of sp³-hybridized carbons (Fsp3) is 0.941. The molecule has 1 aliphatic carbocycles. The summed E-state index contributed by atoms with van der Waals surface area (Å²) in [7, 11) is 0. The van der Waals surface area contributed by atoms with Crippen LogP contribution in [-0.4, -0.2) is 61.0 Å². The molecule has 1 N–H and O–H groups in total. The number of carbonyl (C=O) groups excluding carboxylic acids is 1. The lowest BCUT2D eigenvalue weighted by Crippen LogP contribution is -2.47. The van der Waals surface area contributed by atoms with E-state index in [9.17, 15) is 4.79 Å². The first kappa shape index (κ1) is 15.3. The molecule has 3 aliphatic rings. The first-order chi connectivity index (χ1) is 9.87. The van der Waals surface area contributed by atoms with Gasteiger partial charge in [0.1, 0.15) is 0 Å². The standard InChI is InChI=1S/C17H31N3O/c1-16(2)10-14-11-17(3,12-16)13-20(14)7-4-15(21)19-8-5-18-6-9-19/h14,18H,4-13H2,1-3H3. The van der Waals surface area contributed by atoms with Gasteiger partial charge in [0.15, 0.2) is 0 Å². The molecular weight excluding hydrogens is 262 g/mol. The zero-order valence-electron chi connectivity index (χ0n) is 14.0. The number of likely N-dealkylation sites (tertiary alicyclic amines) is 1. The summed E-state index contributed by atoms with van der Waals surface area (Å²) in [5.41, 5.74) is 0.944. The maximum atomic E-state index is 12.3. The molecule has 0 aromatic heterocycles. The zero-order chi connectivity index (χ0) is 15.1. The van der Waals surface area contributed by atoms with E-state index < -0.39 is 0 Å². The van der Waals surface area contributed by atoms with Crippen molar-refractivity contribution < 1.29 is 4.79 Å². The number of nitrogens with one attached hydrogen (secondary N) is 1. The van der Waals surface area contributed by atoms with Gasteiger partial charge < -0.3 is 10.2 Å². The third-order valence-corrected chi connectivity index (χ3v) is 5.61. The molecule has 2 heterocycles. The van der Waals surface area contributed by atoms with Crippen LogP contribution in [0.15, 0.2) is 0 Å². The summed E-state index contributed by atoms with van der Waals surface area (Å²) in [6, 6.07) is 0.703. The molecule has 1 saturated carbocycles.